The molecule has 2 atom stereocenters. The maximum atomic E-state index is 12.9. The molecule has 1 amide bonds. The Morgan fingerprint density at radius 3 is 2.72 bits per heavy atom. The third-order valence-corrected chi connectivity index (χ3v) is 7.96. The normalized spacial score (nSPS) is 23.4. The smallest absolute Gasteiger partial charge is 0.235 e. The summed E-state index contributed by atoms with van der Waals surface area (Å²) in [5.74, 6) is 0.321. The highest BCUT2D eigenvalue weighted by Gasteiger charge is 2.65. The van der Waals surface area contributed by atoms with Crippen molar-refractivity contribution in [1.82, 2.24) is 15.1 Å². The van der Waals surface area contributed by atoms with Gasteiger partial charge < -0.3 is 10.1 Å². The van der Waals surface area contributed by atoms with Crippen molar-refractivity contribution in [2.45, 2.75) is 24.3 Å². The number of hydrogen-bond donors (Lipinski definition) is 2. The van der Waals surface area contributed by atoms with Crippen molar-refractivity contribution in [2.24, 2.45) is 0 Å². The van der Waals surface area contributed by atoms with Gasteiger partial charge in [-0.05, 0) is 46.9 Å². The number of rotatable bonds is 5. The summed E-state index contributed by atoms with van der Waals surface area (Å²) in [5.41, 5.74) is 7.25. The summed E-state index contributed by atoms with van der Waals surface area (Å²) in [6.07, 6.45) is 5.02. The third-order valence-electron chi connectivity index (χ3n) is 7.96. The standard InChI is InChI=1S/C30H28N4O2/c35-29-30(24-3-1-2-4-27(24)31-29)18-25(30)22-10-11-23-26(32-33-28(23)17-22)12-9-20-5-7-21(8-6-20)19-34-13-15-36-16-14-34/h1-12,17,25H,13-16,18-19H2,(H,31,35)(H,32,33). The average molecular weight is 477 g/mol. The lowest BCUT2D eigenvalue weighted by molar-refractivity contribution is -0.118. The van der Waals surface area contributed by atoms with E-state index in [1.165, 1.54) is 11.1 Å². The number of nitrogens with zero attached hydrogens (tertiary/aromatic N) is 2. The molecule has 3 aromatic carbocycles. The fourth-order valence-electron chi connectivity index (χ4n) is 5.88. The van der Waals surface area contributed by atoms with Crippen LogP contribution in [0.25, 0.3) is 23.1 Å². The molecule has 36 heavy (non-hydrogen) atoms. The molecule has 2 unspecified atom stereocenters. The maximum Gasteiger partial charge on any atom is 0.235 e. The van der Waals surface area contributed by atoms with Crippen molar-refractivity contribution in [3.63, 3.8) is 0 Å². The van der Waals surface area contributed by atoms with Crippen molar-refractivity contribution in [3.05, 3.63) is 94.7 Å². The minimum absolute atomic E-state index is 0.123. The second-order valence-corrected chi connectivity index (χ2v) is 10.1. The first kappa shape index (κ1) is 21.5. The summed E-state index contributed by atoms with van der Waals surface area (Å²) < 4.78 is 5.44. The van der Waals surface area contributed by atoms with Gasteiger partial charge in [-0.15, -0.1) is 0 Å². The molecule has 3 aliphatic rings. The molecule has 2 fully saturated rings. The highest BCUT2D eigenvalue weighted by atomic mass is 16.5. The quantitative estimate of drug-likeness (QED) is 0.428. The topological polar surface area (TPSA) is 70.2 Å². The minimum atomic E-state index is -0.416. The summed E-state index contributed by atoms with van der Waals surface area (Å²) >= 11 is 0. The number of H-pyrrole nitrogens is 1. The molecule has 6 nitrogen and oxygen atoms in total. The van der Waals surface area contributed by atoms with Gasteiger partial charge in [-0.25, -0.2) is 0 Å². The van der Waals surface area contributed by atoms with Gasteiger partial charge in [0.15, 0.2) is 0 Å². The van der Waals surface area contributed by atoms with Gasteiger partial charge >= 0.3 is 0 Å². The van der Waals surface area contributed by atoms with Gasteiger partial charge in [0.2, 0.25) is 5.91 Å². The Hall–Kier alpha value is -3.74. The SMILES string of the molecule is O=C1Nc2ccccc2C12CC2c1ccc2c(C=Cc3ccc(CN4CCOCC4)cc3)n[nH]c2c1. The molecule has 180 valence electrons. The minimum Gasteiger partial charge on any atom is -0.379 e. The van der Waals surface area contributed by atoms with Crippen LogP contribution in [0.3, 0.4) is 0 Å². The van der Waals surface area contributed by atoms with Gasteiger partial charge in [0.05, 0.1) is 29.8 Å². The molecule has 3 heterocycles. The van der Waals surface area contributed by atoms with Gasteiger partial charge in [-0.3, -0.25) is 14.8 Å². The van der Waals surface area contributed by atoms with Gasteiger partial charge in [0, 0.05) is 36.6 Å². The fraction of sp³-hybridized carbons (Fsp3) is 0.267. The lowest BCUT2D eigenvalue weighted by Crippen LogP contribution is -2.35. The molecule has 1 aromatic heterocycles. The lowest BCUT2D eigenvalue weighted by Gasteiger charge is -2.26. The van der Waals surface area contributed by atoms with E-state index in [-0.39, 0.29) is 11.8 Å². The van der Waals surface area contributed by atoms with E-state index >= 15 is 0 Å². The number of amides is 1. The van der Waals surface area contributed by atoms with Crippen molar-refractivity contribution >= 4 is 34.6 Å². The molecular formula is C30H28N4O2. The van der Waals surface area contributed by atoms with Crippen molar-refractivity contribution in [3.8, 4) is 0 Å². The molecule has 6 heteroatoms. The molecule has 2 N–H and O–H groups in total. The number of anilines is 1. The molecule has 1 aliphatic carbocycles. The number of carbonyl (C=O) groups is 1. The van der Waals surface area contributed by atoms with E-state index in [1.54, 1.807) is 0 Å². The zero-order chi connectivity index (χ0) is 24.1. The first-order chi connectivity index (χ1) is 17.7. The van der Waals surface area contributed by atoms with Gasteiger partial charge in [0.25, 0.3) is 0 Å². The number of morpholine rings is 1. The summed E-state index contributed by atoms with van der Waals surface area (Å²) in [6, 6.07) is 23.2. The molecule has 4 aromatic rings. The first-order valence-corrected chi connectivity index (χ1v) is 12.7. The largest absolute Gasteiger partial charge is 0.379 e. The summed E-state index contributed by atoms with van der Waals surface area (Å²) in [7, 11) is 0. The van der Waals surface area contributed by atoms with Crippen LogP contribution in [0.5, 0.6) is 0 Å². The van der Waals surface area contributed by atoms with E-state index in [1.807, 2.05) is 18.2 Å². The van der Waals surface area contributed by atoms with Crippen LogP contribution in [-0.4, -0.2) is 47.3 Å². The molecule has 0 bridgehead atoms. The van der Waals surface area contributed by atoms with Crippen LogP contribution < -0.4 is 5.32 Å². The highest BCUT2D eigenvalue weighted by molar-refractivity contribution is 6.09. The Balaban J connectivity index is 1.08. The molecule has 1 saturated heterocycles. The zero-order valence-corrected chi connectivity index (χ0v) is 20.0. The van der Waals surface area contributed by atoms with Gasteiger partial charge in [-0.2, -0.15) is 5.10 Å². The lowest BCUT2D eigenvalue weighted by atomic mass is 9.92. The van der Waals surface area contributed by atoms with Gasteiger partial charge in [0.1, 0.15) is 0 Å². The number of hydrogen-bond acceptors (Lipinski definition) is 4. The Bertz CT molecular complexity index is 1480. The van der Waals surface area contributed by atoms with E-state index in [4.69, 9.17) is 4.74 Å². The van der Waals surface area contributed by atoms with E-state index in [0.29, 0.717) is 0 Å². The average Bonchev–Trinajstić information content (AvgIpc) is 3.45. The monoisotopic (exact) mass is 476 g/mol. The van der Waals surface area contributed by atoms with Crippen LogP contribution in [0, 0.1) is 0 Å². The maximum absolute atomic E-state index is 12.9. The summed E-state index contributed by atoms with van der Waals surface area (Å²) in [4.78, 5) is 15.3. The molecular weight excluding hydrogens is 448 g/mol. The third kappa shape index (κ3) is 3.56. The summed E-state index contributed by atoms with van der Waals surface area (Å²) in [5, 5.41) is 11.9. The van der Waals surface area contributed by atoms with Crippen molar-refractivity contribution < 1.29 is 9.53 Å². The molecule has 1 saturated carbocycles. The van der Waals surface area contributed by atoms with E-state index < -0.39 is 5.41 Å². The van der Waals surface area contributed by atoms with Crippen molar-refractivity contribution in [1.29, 1.82) is 0 Å². The zero-order valence-electron chi connectivity index (χ0n) is 20.0. The predicted octanol–water partition coefficient (Wildman–Crippen LogP) is 4.94. The van der Waals surface area contributed by atoms with Crippen LogP contribution >= 0.6 is 0 Å². The number of carbonyl (C=O) groups excluding carboxylic acids is 1. The summed E-state index contributed by atoms with van der Waals surface area (Å²) in [6.45, 7) is 4.61. The second kappa shape index (κ2) is 8.43. The highest BCUT2D eigenvalue weighted by Crippen LogP contribution is 2.64. The van der Waals surface area contributed by atoms with Gasteiger partial charge in [-0.1, -0.05) is 60.7 Å². The van der Waals surface area contributed by atoms with Crippen LogP contribution in [0.15, 0.2) is 66.7 Å². The molecule has 2 aliphatic heterocycles. The number of aromatic nitrogens is 2. The number of fused-ring (bicyclic) bond motifs is 3. The number of ether oxygens (including phenoxy) is 1. The molecule has 1 spiro atoms. The van der Waals surface area contributed by atoms with E-state index in [0.717, 1.165) is 72.7 Å². The first-order valence-electron chi connectivity index (χ1n) is 12.7. The van der Waals surface area contributed by atoms with E-state index in [9.17, 15) is 4.79 Å². The number of aromatic amines is 1. The van der Waals surface area contributed by atoms with E-state index in [2.05, 4.69) is 81.1 Å². The predicted molar refractivity (Wildman–Crippen MR) is 142 cm³/mol. The van der Waals surface area contributed by atoms with Crippen LogP contribution in [0.1, 0.15) is 40.3 Å². The Labute approximate surface area is 210 Å². The number of para-hydroxylation sites is 1. The number of benzene rings is 3. The Morgan fingerprint density at radius 2 is 1.86 bits per heavy atom. The second-order valence-electron chi connectivity index (χ2n) is 10.1. The fourth-order valence-corrected chi connectivity index (χ4v) is 5.88. The Morgan fingerprint density at radius 1 is 1.03 bits per heavy atom. The molecule has 0 radical (unpaired) electrons. The molecule has 7 rings (SSSR count). The van der Waals surface area contributed by atoms with Crippen LogP contribution in [-0.2, 0) is 21.5 Å². The van der Waals surface area contributed by atoms with Crippen LogP contribution in [0.4, 0.5) is 5.69 Å². The Kier molecular flexibility index (Phi) is 5.04. The van der Waals surface area contributed by atoms with Crippen molar-refractivity contribution in [2.75, 3.05) is 31.6 Å². The number of nitrogens with one attached hydrogen (secondary N) is 2. The van der Waals surface area contributed by atoms with Crippen LogP contribution in [0.2, 0.25) is 0 Å².